The van der Waals surface area contributed by atoms with Gasteiger partial charge in [-0.2, -0.15) is 72.4 Å². The molecule has 0 bridgehead atoms. The first kappa shape index (κ1) is 23.3. The first-order chi connectivity index (χ1) is 9.47. The van der Waals surface area contributed by atoms with Crippen molar-refractivity contribution in [2.24, 2.45) is 0 Å². The number of rotatable bonds is 4. The van der Waals surface area contributed by atoms with E-state index in [4.69, 9.17) is 48.9 Å². The maximum absolute atomic E-state index is 5.00. The van der Waals surface area contributed by atoms with E-state index in [1.54, 1.807) is 45.3 Å². The average molecular weight is 516 g/mol. The van der Waals surface area contributed by atoms with Crippen molar-refractivity contribution in [1.82, 2.24) is 0 Å². The van der Waals surface area contributed by atoms with Crippen molar-refractivity contribution >= 4 is 118 Å². The number of hydrogen-bond donors (Lipinski definition) is 0. The predicted molar refractivity (Wildman–Crippen MR) is 112 cm³/mol. The normalized spacial score (nSPS) is 9.62. The molecule has 0 spiro atoms. The molecule has 21 heavy (non-hydrogen) atoms. The van der Waals surface area contributed by atoms with E-state index in [-0.39, 0.29) is 19.5 Å². The van der Waals surface area contributed by atoms with Gasteiger partial charge < -0.3 is 0 Å². The van der Waals surface area contributed by atoms with Crippen LogP contribution in [0.5, 0.6) is 0 Å². The molecule has 0 aliphatic heterocycles. The summed E-state index contributed by atoms with van der Waals surface area (Å²) in [6, 6.07) is 0. The molecule has 0 aromatic carbocycles. The zero-order valence-corrected chi connectivity index (χ0v) is 22.3. The second kappa shape index (κ2) is 12.6. The maximum Gasteiger partial charge on any atom is 2.00 e. The Hall–Kier alpha value is 2.30. The summed E-state index contributed by atoms with van der Waals surface area (Å²) in [4.78, 5) is 0. The largest absolute Gasteiger partial charge is 2.00 e. The van der Waals surface area contributed by atoms with E-state index in [9.17, 15) is 0 Å². The van der Waals surface area contributed by atoms with Crippen molar-refractivity contribution in [3.05, 3.63) is 15.3 Å². The number of thioether (sulfide) groups is 2. The first-order valence-electron chi connectivity index (χ1n) is 5.35. The van der Waals surface area contributed by atoms with Gasteiger partial charge in [-0.05, 0) is 26.8 Å². The average Bonchev–Trinajstić information content (AvgIpc) is 2.85. The molecule has 0 amide bonds. The molecule has 0 atom stereocenters. The third kappa shape index (κ3) is 8.81. The second-order valence-corrected chi connectivity index (χ2v) is 13.8. The third-order valence-electron chi connectivity index (χ3n) is 1.56. The van der Waals surface area contributed by atoms with E-state index in [0.29, 0.717) is 0 Å². The van der Waals surface area contributed by atoms with Crippen molar-refractivity contribution in [2.75, 3.05) is 11.5 Å². The Morgan fingerprint density at radius 3 is 1.14 bits per heavy atom. The van der Waals surface area contributed by atoms with Crippen molar-refractivity contribution in [1.29, 1.82) is 0 Å². The summed E-state index contributed by atoms with van der Waals surface area (Å²) in [7, 11) is 0. The minimum absolute atomic E-state index is 0. The minimum atomic E-state index is 0. The van der Waals surface area contributed by atoms with Crippen LogP contribution in [-0.4, -0.2) is 11.5 Å². The number of hydrogen-bond acceptors (Lipinski definition) is 10. The molecule has 2 aromatic heterocycles. The van der Waals surface area contributed by atoms with Gasteiger partial charge in [-0.1, -0.05) is 13.8 Å². The van der Waals surface area contributed by atoms with Crippen LogP contribution in [0, 0.1) is 15.3 Å². The molecular formula is C10H10S10Zn. The molecule has 0 radical (unpaired) electrons. The SMILES string of the molecule is CCS[c-]1sc(=S)c(=S)s1.CCS[c-]1sc(=S)c(=S)s1.[Zn+2]. The molecule has 0 aliphatic carbocycles. The molecule has 0 saturated heterocycles. The standard InChI is InChI=1S/2C5H5S5.Zn/c2*1-2-8-5-9-3(6)4(7)10-5;/h2*2H2,1H3;/q2*-1;+2. The van der Waals surface area contributed by atoms with Crippen LogP contribution in [0.25, 0.3) is 0 Å². The molecule has 2 aromatic rings. The van der Waals surface area contributed by atoms with Gasteiger partial charge in [-0.15, -0.1) is 0 Å². The molecule has 2 rings (SSSR count). The molecule has 0 N–H and O–H groups in total. The van der Waals surface area contributed by atoms with E-state index >= 15 is 0 Å². The van der Waals surface area contributed by atoms with E-state index in [2.05, 4.69) is 13.8 Å². The predicted octanol–water partition coefficient (Wildman–Crippen LogP) is 8.20. The van der Waals surface area contributed by atoms with Crippen LogP contribution in [0.1, 0.15) is 13.8 Å². The summed E-state index contributed by atoms with van der Waals surface area (Å²) in [6.07, 6.45) is 0. The van der Waals surface area contributed by atoms with Gasteiger partial charge in [-0.25, -0.2) is 0 Å². The van der Waals surface area contributed by atoms with Crippen LogP contribution < -0.4 is 0 Å². The van der Waals surface area contributed by atoms with Crippen molar-refractivity contribution in [3.63, 3.8) is 0 Å². The van der Waals surface area contributed by atoms with E-state index in [1.165, 1.54) is 7.05 Å². The molecule has 0 saturated carbocycles. The third-order valence-corrected chi connectivity index (χ3v) is 11.1. The zero-order valence-electron chi connectivity index (χ0n) is 11.2. The molecule has 0 aliphatic rings. The molecule has 112 valence electrons. The topological polar surface area (TPSA) is 0 Å². The van der Waals surface area contributed by atoms with Gasteiger partial charge in [0.25, 0.3) is 0 Å². The van der Waals surface area contributed by atoms with Gasteiger partial charge in [0.1, 0.15) is 0 Å². The Kier molecular flexibility index (Phi) is 14.0. The maximum atomic E-state index is 5.00. The smallest absolute Gasteiger partial charge is 0.254 e. The summed E-state index contributed by atoms with van der Waals surface area (Å²) in [6.45, 7) is 4.26. The Labute approximate surface area is 182 Å². The van der Waals surface area contributed by atoms with Crippen LogP contribution >= 0.6 is 118 Å². The Bertz CT molecular complexity index is 616. The molecule has 0 fully saturated rings. The van der Waals surface area contributed by atoms with Crippen LogP contribution in [0.2, 0.25) is 0 Å². The van der Waals surface area contributed by atoms with Crippen LogP contribution in [0.4, 0.5) is 0 Å². The summed E-state index contributed by atoms with van der Waals surface area (Å²) < 4.78 is 6.06. The summed E-state index contributed by atoms with van der Waals surface area (Å²) in [5.74, 6) is 2.20. The minimum Gasteiger partial charge on any atom is -0.254 e. The summed E-state index contributed by atoms with van der Waals surface area (Å²) in [5, 5.41) is 0. The second-order valence-electron chi connectivity index (χ2n) is 2.92. The van der Waals surface area contributed by atoms with Crippen molar-refractivity contribution < 1.29 is 19.5 Å². The zero-order chi connectivity index (χ0) is 15.1. The summed E-state index contributed by atoms with van der Waals surface area (Å²) >= 11 is 30.2. The Morgan fingerprint density at radius 2 is 0.952 bits per heavy atom. The molecular weight excluding hydrogens is 506 g/mol. The molecule has 0 unspecified atom stereocenters. The monoisotopic (exact) mass is 514 g/mol. The molecule has 2 heterocycles. The van der Waals surface area contributed by atoms with E-state index in [0.717, 1.165) is 26.8 Å². The fourth-order valence-corrected chi connectivity index (χ4v) is 10.2. The van der Waals surface area contributed by atoms with E-state index < -0.39 is 0 Å². The van der Waals surface area contributed by atoms with Gasteiger partial charge in [0.05, 0.1) is 0 Å². The van der Waals surface area contributed by atoms with Crippen molar-refractivity contribution in [3.8, 4) is 0 Å². The van der Waals surface area contributed by atoms with Gasteiger partial charge >= 0.3 is 19.5 Å². The molecule has 0 nitrogen and oxygen atoms in total. The van der Waals surface area contributed by atoms with Gasteiger partial charge in [0, 0.05) is 7.05 Å². The summed E-state index contributed by atoms with van der Waals surface area (Å²) in [5.41, 5.74) is 0. The van der Waals surface area contributed by atoms with Gasteiger partial charge in [-0.3, -0.25) is 45.3 Å². The van der Waals surface area contributed by atoms with Crippen LogP contribution in [0.3, 0.4) is 0 Å². The quantitative estimate of drug-likeness (QED) is 0.173. The van der Waals surface area contributed by atoms with Gasteiger partial charge in [0.15, 0.2) is 0 Å². The van der Waals surface area contributed by atoms with E-state index in [1.807, 2.05) is 23.5 Å². The Balaban J connectivity index is 0.000000364. The first-order valence-corrected chi connectivity index (χ1v) is 12.2. The molecule has 11 heteroatoms. The van der Waals surface area contributed by atoms with Crippen LogP contribution in [0.15, 0.2) is 7.05 Å². The fraction of sp³-hybridized carbons (Fsp3) is 0.400. The Morgan fingerprint density at radius 1 is 0.714 bits per heavy atom. The van der Waals surface area contributed by atoms with Crippen LogP contribution in [-0.2, 0) is 19.5 Å². The van der Waals surface area contributed by atoms with Gasteiger partial charge in [0.2, 0.25) is 0 Å². The van der Waals surface area contributed by atoms with Crippen molar-refractivity contribution in [2.45, 2.75) is 20.9 Å². The fourth-order valence-electron chi connectivity index (χ4n) is 0.865.